The molecule has 5 heteroatoms. The molecule has 0 aliphatic rings. The number of nitrogens with zero attached hydrogens (tertiary/aromatic N) is 1. The maximum Gasteiger partial charge on any atom is 0.220 e. The van der Waals surface area contributed by atoms with Crippen molar-refractivity contribution in [1.29, 1.82) is 0 Å². The first kappa shape index (κ1) is 17.6. The standard InChI is InChI=1S/C18H23ClN2O2/c1-23-12-4-9-20-18(22)13-16(14-21-10-2-3-11-21)15-5-7-17(19)8-6-15/h2-3,5-8,10-11,16H,4,9,12-14H2,1H3,(H,20,22). The third-order valence-electron chi connectivity index (χ3n) is 3.72. The second-order valence-corrected chi connectivity index (χ2v) is 5.97. The van der Waals surface area contributed by atoms with Crippen LogP contribution in [0.4, 0.5) is 0 Å². The zero-order valence-electron chi connectivity index (χ0n) is 13.4. The lowest BCUT2D eigenvalue weighted by molar-refractivity contribution is -0.121. The van der Waals surface area contributed by atoms with Gasteiger partial charge >= 0.3 is 0 Å². The molecule has 1 N–H and O–H groups in total. The fourth-order valence-electron chi connectivity index (χ4n) is 2.51. The van der Waals surface area contributed by atoms with Gasteiger partial charge in [-0.3, -0.25) is 4.79 Å². The van der Waals surface area contributed by atoms with Crippen LogP contribution in [0.1, 0.15) is 24.3 Å². The first-order chi connectivity index (χ1) is 11.2. The van der Waals surface area contributed by atoms with Crippen LogP contribution in [0.25, 0.3) is 0 Å². The Kier molecular flexibility index (Phi) is 7.17. The molecule has 2 rings (SSSR count). The number of ether oxygens (including phenoxy) is 1. The maximum atomic E-state index is 12.2. The molecule has 1 unspecified atom stereocenters. The van der Waals surface area contributed by atoms with Gasteiger partial charge in [0.2, 0.25) is 5.91 Å². The van der Waals surface area contributed by atoms with E-state index in [4.69, 9.17) is 16.3 Å². The molecule has 4 nitrogen and oxygen atoms in total. The van der Waals surface area contributed by atoms with E-state index in [0.717, 1.165) is 18.5 Å². The highest BCUT2D eigenvalue weighted by Crippen LogP contribution is 2.23. The van der Waals surface area contributed by atoms with Crippen LogP contribution in [0.15, 0.2) is 48.8 Å². The molecule has 124 valence electrons. The number of benzene rings is 1. The Labute approximate surface area is 142 Å². The van der Waals surface area contributed by atoms with Crippen molar-refractivity contribution < 1.29 is 9.53 Å². The lowest BCUT2D eigenvalue weighted by Crippen LogP contribution is -2.27. The summed E-state index contributed by atoms with van der Waals surface area (Å²) in [6.07, 6.45) is 5.30. The number of rotatable bonds is 9. The lowest BCUT2D eigenvalue weighted by atomic mass is 9.95. The Balaban J connectivity index is 1.98. The number of nitrogens with one attached hydrogen (secondary N) is 1. The minimum atomic E-state index is 0.0632. The van der Waals surface area contributed by atoms with Crippen LogP contribution in [0.5, 0.6) is 0 Å². The number of halogens is 1. The van der Waals surface area contributed by atoms with E-state index in [1.807, 2.05) is 48.8 Å². The van der Waals surface area contributed by atoms with Gasteiger partial charge in [0.15, 0.2) is 0 Å². The van der Waals surface area contributed by atoms with Gasteiger partial charge in [0.25, 0.3) is 0 Å². The number of carbonyl (C=O) groups is 1. The van der Waals surface area contributed by atoms with Gasteiger partial charge in [-0.05, 0) is 36.2 Å². The molecular formula is C18H23ClN2O2. The van der Waals surface area contributed by atoms with Crippen LogP contribution >= 0.6 is 11.6 Å². The Morgan fingerprint density at radius 1 is 1.26 bits per heavy atom. The quantitative estimate of drug-likeness (QED) is 0.714. The lowest BCUT2D eigenvalue weighted by Gasteiger charge is -2.18. The summed E-state index contributed by atoms with van der Waals surface area (Å²) in [5.41, 5.74) is 1.12. The molecule has 1 amide bonds. The summed E-state index contributed by atoms with van der Waals surface area (Å²) in [6, 6.07) is 11.7. The first-order valence-electron chi connectivity index (χ1n) is 7.81. The zero-order chi connectivity index (χ0) is 16.5. The summed E-state index contributed by atoms with van der Waals surface area (Å²) < 4.78 is 7.08. The van der Waals surface area contributed by atoms with Gasteiger partial charge < -0.3 is 14.6 Å². The molecular weight excluding hydrogens is 312 g/mol. The highest BCUT2D eigenvalue weighted by molar-refractivity contribution is 6.30. The third kappa shape index (κ3) is 6.08. The fourth-order valence-corrected chi connectivity index (χ4v) is 2.64. The minimum absolute atomic E-state index is 0.0632. The van der Waals surface area contributed by atoms with E-state index >= 15 is 0 Å². The van der Waals surface area contributed by atoms with Crippen LogP contribution in [0.3, 0.4) is 0 Å². The van der Waals surface area contributed by atoms with Crippen molar-refractivity contribution in [3.8, 4) is 0 Å². The van der Waals surface area contributed by atoms with Crippen molar-refractivity contribution in [1.82, 2.24) is 9.88 Å². The van der Waals surface area contributed by atoms with Crippen molar-refractivity contribution in [2.75, 3.05) is 20.3 Å². The Morgan fingerprint density at radius 3 is 2.61 bits per heavy atom. The molecule has 0 spiro atoms. The number of methoxy groups -OCH3 is 1. The maximum absolute atomic E-state index is 12.2. The van der Waals surface area contributed by atoms with E-state index < -0.39 is 0 Å². The predicted octanol–water partition coefficient (Wildman–Crippen LogP) is 3.47. The summed E-state index contributed by atoms with van der Waals surface area (Å²) in [6.45, 7) is 2.06. The summed E-state index contributed by atoms with van der Waals surface area (Å²) >= 11 is 5.97. The molecule has 1 aromatic carbocycles. The summed E-state index contributed by atoms with van der Waals surface area (Å²) in [4.78, 5) is 12.2. The molecule has 1 aromatic heterocycles. The van der Waals surface area contributed by atoms with Gasteiger partial charge in [-0.25, -0.2) is 0 Å². The molecule has 0 fully saturated rings. The summed E-state index contributed by atoms with van der Waals surface area (Å²) in [5, 5.41) is 3.66. The summed E-state index contributed by atoms with van der Waals surface area (Å²) in [5.74, 6) is 0.176. The van der Waals surface area contributed by atoms with E-state index in [-0.39, 0.29) is 11.8 Å². The third-order valence-corrected chi connectivity index (χ3v) is 3.97. The highest BCUT2D eigenvalue weighted by atomic mass is 35.5. The SMILES string of the molecule is COCCCNC(=O)CC(Cn1cccc1)c1ccc(Cl)cc1. The molecule has 0 saturated carbocycles. The molecule has 0 radical (unpaired) electrons. The number of hydrogen-bond acceptors (Lipinski definition) is 2. The minimum Gasteiger partial charge on any atom is -0.385 e. The van der Waals surface area contributed by atoms with E-state index in [9.17, 15) is 4.79 Å². The molecule has 0 aliphatic carbocycles. The highest BCUT2D eigenvalue weighted by Gasteiger charge is 2.16. The number of amides is 1. The average molecular weight is 335 g/mol. The van der Waals surface area contributed by atoms with Crippen LogP contribution < -0.4 is 5.32 Å². The normalized spacial score (nSPS) is 12.1. The Morgan fingerprint density at radius 2 is 1.96 bits per heavy atom. The van der Waals surface area contributed by atoms with Gasteiger partial charge in [0, 0.05) is 56.6 Å². The van der Waals surface area contributed by atoms with E-state index in [0.29, 0.717) is 24.6 Å². The van der Waals surface area contributed by atoms with Crippen molar-refractivity contribution in [2.24, 2.45) is 0 Å². The molecule has 1 atom stereocenters. The molecule has 0 bridgehead atoms. The van der Waals surface area contributed by atoms with E-state index in [1.165, 1.54) is 0 Å². The molecule has 2 aromatic rings. The van der Waals surface area contributed by atoms with Crippen molar-refractivity contribution in [2.45, 2.75) is 25.3 Å². The predicted molar refractivity (Wildman–Crippen MR) is 92.7 cm³/mol. The first-order valence-corrected chi connectivity index (χ1v) is 8.18. The topological polar surface area (TPSA) is 43.3 Å². The second kappa shape index (κ2) is 9.38. The average Bonchev–Trinajstić information content (AvgIpc) is 3.05. The monoisotopic (exact) mass is 334 g/mol. The van der Waals surface area contributed by atoms with Gasteiger partial charge in [0.05, 0.1) is 0 Å². The molecule has 1 heterocycles. The van der Waals surface area contributed by atoms with Crippen LogP contribution in [0, 0.1) is 0 Å². The molecule has 0 saturated heterocycles. The number of carbonyl (C=O) groups excluding carboxylic acids is 1. The molecule has 23 heavy (non-hydrogen) atoms. The smallest absolute Gasteiger partial charge is 0.220 e. The Bertz CT molecular complexity index is 582. The van der Waals surface area contributed by atoms with Crippen molar-refractivity contribution in [3.63, 3.8) is 0 Å². The van der Waals surface area contributed by atoms with Crippen molar-refractivity contribution in [3.05, 3.63) is 59.4 Å². The van der Waals surface area contributed by atoms with Crippen LogP contribution in [-0.2, 0) is 16.1 Å². The molecule has 0 aliphatic heterocycles. The van der Waals surface area contributed by atoms with Crippen molar-refractivity contribution >= 4 is 17.5 Å². The fraction of sp³-hybridized carbons (Fsp3) is 0.389. The zero-order valence-corrected chi connectivity index (χ0v) is 14.1. The second-order valence-electron chi connectivity index (χ2n) is 5.53. The van der Waals surface area contributed by atoms with Gasteiger partial charge in [-0.15, -0.1) is 0 Å². The van der Waals surface area contributed by atoms with Crippen LogP contribution in [0.2, 0.25) is 5.02 Å². The van der Waals surface area contributed by atoms with Gasteiger partial charge in [-0.1, -0.05) is 23.7 Å². The van der Waals surface area contributed by atoms with E-state index in [2.05, 4.69) is 9.88 Å². The van der Waals surface area contributed by atoms with Gasteiger partial charge in [0.1, 0.15) is 0 Å². The largest absolute Gasteiger partial charge is 0.385 e. The summed E-state index contributed by atoms with van der Waals surface area (Å²) in [7, 11) is 1.66. The number of aromatic nitrogens is 1. The van der Waals surface area contributed by atoms with Crippen LogP contribution in [-0.4, -0.2) is 30.7 Å². The van der Waals surface area contributed by atoms with E-state index in [1.54, 1.807) is 7.11 Å². The Hall–Kier alpha value is -1.78. The number of hydrogen-bond donors (Lipinski definition) is 1. The van der Waals surface area contributed by atoms with Gasteiger partial charge in [-0.2, -0.15) is 0 Å².